The Morgan fingerprint density at radius 2 is 1.96 bits per heavy atom. The molecule has 1 aliphatic heterocycles. The fourth-order valence-corrected chi connectivity index (χ4v) is 3.38. The molecule has 1 heterocycles. The number of hydrogen-bond acceptors (Lipinski definition) is 4. The second kappa shape index (κ2) is 7.19. The number of nitrogens with zero attached hydrogens (tertiary/aromatic N) is 2. The van der Waals surface area contributed by atoms with Crippen LogP contribution in [0.2, 0.25) is 0 Å². The molecule has 4 amide bonds. The standard InChI is InChI=1S/C16H25N3O5/c1-3-11-4-7-16(8-5-11)14(23)19(15(24)17-16)10-12(20)18(2)9-6-13(21)22/h11H,3-10H2,1-2H3,(H,17,24)(H,21,22). The number of likely N-dealkylation sites (N-methyl/N-ethyl adjacent to an activating group) is 1. The number of aliphatic carboxylic acids is 1. The molecule has 1 saturated carbocycles. The summed E-state index contributed by atoms with van der Waals surface area (Å²) in [6.45, 7) is 1.82. The highest BCUT2D eigenvalue weighted by atomic mass is 16.4. The van der Waals surface area contributed by atoms with Crippen molar-refractivity contribution in [1.82, 2.24) is 15.1 Å². The summed E-state index contributed by atoms with van der Waals surface area (Å²) >= 11 is 0. The summed E-state index contributed by atoms with van der Waals surface area (Å²) in [6.07, 6.45) is 3.89. The zero-order valence-electron chi connectivity index (χ0n) is 14.2. The van der Waals surface area contributed by atoms with E-state index in [0.29, 0.717) is 18.8 Å². The Morgan fingerprint density at radius 3 is 2.50 bits per heavy atom. The molecule has 0 atom stereocenters. The lowest BCUT2D eigenvalue weighted by Crippen LogP contribution is -2.50. The third kappa shape index (κ3) is 3.68. The lowest BCUT2D eigenvalue weighted by Gasteiger charge is -2.34. The molecule has 1 saturated heterocycles. The molecule has 0 radical (unpaired) electrons. The molecule has 0 unspecified atom stereocenters. The Kier molecular flexibility index (Phi) is 5.46. The summed E-state index contributed by atoms with van der Waals surface area (Å²) in [5.41, 5.74) is -0.858. The number of carbonyl (C=O) groups excluding carboxylic acids is 3. The molecule has 0 aromatic heterocycles. The number of urea groups is 1. The number of carboxylic acid groups (broad SMARTS) is 1. The van der Waals surface area contributed by atoms with Crippen LogP contribution in [0, 0.1) is 5.92 Å². The molecule has 1 aliphatic carbocycles. The predicted octanol–water partition coefficient (Wildman–Crippen LogP) is 0.810. The fraction of sp³-hybridized carbons (Fsp3) is 0.750. The maximum Gasteiger partial charge on any atom is 0.325 e. The smallest absolute Gasteiger partial charge is 0.325 e. The van der Waals surface area contributed by atoms with Gasteiger partial charge in [0.1, 0.15) is 12.1 Å². The van der Waals surface area contributed by atoms with E-state index in [4.69, 9.17) is 5.11 Å². The van der Waals surface area contributed by atoms with E-state index < -0.39 is 23.4 Å². The molecule has 0 aromatic rings. The molecule has 1 spiro atoms. The van der Waals surface area contributed by atoms with Gasteiger partial charge in [-0.15, -0.1) is 0 Å². The third-order valence-electron chi connectivity index (χ3n) is 5.16. The summed E-state index contributed by atoms with van der Waals surface area (Å²) in [4.78, 5) is 49.7. The van der Waals surface area contributed by atoms with E-state index in [2.05, 4.69) is 12.2 Å². The topological polar surface area (TPSA) is 107 Å². The average molecular weight is 339 g/mol. The predicted molar refractivity (Wildman–Crippen MR) is 85.1 cm³/mol. The highest BCUT2D eigenvalue weighted by molar-refractivity contribution is 6.09. The minimum absolute atomic E-state index is 0.0428. The van der Waals surface area contributed by atoms with Crippen molar-refractivity contribution in [1.29, 1.82) is 0 Å². The quantitative estimate of drug-likeness (QED) is 0.696. The van der Waals surface area contributed by atoms with Crippen molar-refractivity contribution >= 4 is 23.8 Å². The van der Waals surface area contributed by atoms with Gasteiger partial charge in [-0.2, -0.15) is 0 Å². The minimum atomic E-state index is -1.00. The lowest BCUT2D eigenvalue weighted by molar-refractivity contribution is -0.141. The largest absolute Gasteiger partial charge is 0.481 e. The van der Waals surface area contributed by atoms with Crippen LogP contribution in [-0.4, -0.2) is 64.4 Å². The first-order valence-corrected chi connectivity index (χ1v) is 8.39. The Hall–Kier alpha value is -2.12. The van der Waals surface area contributed by atoms with E-state index in [-0.39, 0.29) is 25.4 Å². The summed E-state index contributed by atoms with van der Waals surface area (Å²) in [7, 11) is 1.46. The van der Waals surface area contributed by atoms with E-state index in [9.17, 15) is 19.2 Å². The number of amides is 4. The Labute approximate surface area is 141 Å². The van der Waals surface area contributed by atoms with Crippen LogP contribution >= 0.6 is 0 Å². The van der Waals surface area contributed by atoms with Crippen molar-refractivity contribution in [2.24, 2.45) is 5.92 Å². The second-order valence-corrected chi connectivity index (χ2v) is 6.71. The first kappa shape index (κ1) is 18.2. The van der Waals surface area contributed by atoms with Crippen molar-refractivity contribution in [2.45, 2.75) is 51.0 Å². The van der Waals surface area contributed by atoms with Gasteiger partial charge in [-0.3, -0.25) is 19.3 Å². The van der Waals surface area contributed by atoms with Gasteiger partial charge in [-0.1, -0.05) is 13.3 Å². The minimum Gasteiger partial charge on any atom is -0.481 e. The van der Waals surface area contributed by atoms with Gasteiger partial charge >= 0.3 is 12.0 Å². The van der Waals surface area contributed by atoms with Crippen LogP contribution in [0.15, 0.2) is 0 Å². The van der Waals surface area contributed by atoms with Gasteiger partial charge in [0.25, 0.3) is 5.91 Å². The Morgan fingerprint density at radius 1 is 1.33 bits per heavy atom. The molecule has 8 nitrogen and oxygen atoms in total. The van der Waals surface area contributed by atoms with Gasteiger partial charge in [0.2, 0.25) is 5.91 Å². The molecule has 0 aromatic carbocycles. The molecular weight excluding hydrogens is 314 g/mol. The van der Waals surface area contributed by atoms with Crippen LogP contribution in [-0.2, 0) is 14.4 Å². The molecule has 2 N–H and O–H groups in total. The number of hydrogen-bond donors (Lipinski definition) is 2. The first-order chi connectivity index (χ1) is 11.3. The Bertz CT molecular complexity index is 540. The van der Waals surface area contributed by atoms with Crippen molar-refractivity contribution < 1.29 is 24.3 Å². The number of carbonyl (C=O) groups is 4. The summed E-state index contributed by atoms with van der Waals surface area (Å²) in [6, 6.07) is -0.532. The van der Waals surface area contributed by atoms with E-state index >= 15 is 0 Å². The van der Waals surface area contributed by atoms with Crippen LogP contribution < -0.4 is 5.32 Å². The van der Waals surface area contributed by atoms with Crippen molar-refractivity contribution in [3.8, 4) is 0 Å². The zero-order valence-corrected chi connectivity index (χ0v) is 14.2. The number of nitrogens with one attached hydrogen (secondary N) is 1. The van der Waals surface area contributed by atoms with Gasteiger partial charge in [0, 0.05) is 13.6 Å². The lowest BCUT2D eigenvalue weighted by atomic mass is 9.75. The van der Waals surface area contributed by atoms with Gasteiger partial charge in [-0.25, -0.2) is 4.79 Å². The maximum atomic E-state index is 12.7. The fourth-order valence-electron chi connectivity index (χ4n) is 3.38. The molecule has 24 heavy (non-hydrogen) atoms. The van der Waals surface area contributed by atoms with Crippen LogP contribution in [0.3, 0.4) is 0 Å². The summed E-state index contributed by atoms with van der Waals surface area (Å²) in [5.74, 6) is -1.20. The van der Waals surface area contributed by atoms with E-state index in [0.717, 1.165) is 24.2 Å². The molecular formula is C16H25N3O5. The Balaban J connectivity index is 1.97. The normalized spacial score (nSPS) is 26.6. The average Bonchev–Trinajstić information content (AvgIpc) is 2.77. The molecule has 134 valence electrons. The van der Waals surface area contributed by atoms with Crippen molar-refractivity contribution in [3.05, 3.63) is 0 Å². The monoisotopic (exact) mass is 339 g/mol. The molecule has 2 fully saturated rings. The first-order valence-electron chi connectivity index (χ1n) is 8.39. The van der Waals surface area contributed by atoms with E-state index in [1.54, 1.807) is 0 Å². The van der Waals surface area contributed by atoms with Crippen molar-refractivity contribution in [3.63, 3.8) is 0 Å². The van der Waals surface area contributed by atoms with Crippen LogP contribution in [0.1, 0.15) is 45.4 Å². The second-order valence-electron chi connectivity index (χ2n) is 6.71. The van der Waals surface area contributed by atoms with E-state index in [1.165, 1.54) is 11.9 Å². The zero-order chi connectivity index (χ0) is 17.9. The van der Waals surface area contributed by atoms with Gasteiger partial charge in [0.15, 0.2) is 0 Å². The number of carboxylic acids is 1. The van der Waals surface area contributed by atoms with E-state index in [1.807, 2.05) is 0 Å². The van der Waals surface area contributed by atoms with Gasteiger partial charge in [-0.05, 0) is 31.6 Å². The highest BCUT2D eigenvalue weighted by Crippen LogP contribution is 2.37. The molecule has 2 aliphatic rings. The van der Waals surface area contributed by atoms with Gasteiger partial charge < -0.3 is 15.3 Å². The van der Waals surface area contributed by atoms with Crippen LogP contribution in [0.25, 0.3) is 0 Å². The molecule has 2 rings (SSSR count). The SMILES string of the molecule is CCC1CCC2(CC1)NC(=O)N(CC(=O)N(C)CCC(=O)O)C2=O. The maximum absolute atomic E-state index is 12.7. The van der Waals surface area contributed by atoms with Crippen LogP contribution in [0.5, 0.6) is 0 Å². The summed E-state index contributed by atoms with van der Waals surface area (Å²) in [5, 5.41) is 11.4. The van der Waals surface area contributed by atoms with Crippen LogP contribution in [0.4, 0.5) is 4.79 Å². The third-order valence-corrected chi connectivity index (χ3v) is 5.16. The molecule has 8 heteroatoms. The highest BCUT2D eigenvalue weighted by Gasteiger charge is 2.52. The van der Waals surface area contributed by atoms with Crippen molar-refractivity contribution in [2.75, 3.05) is 20.1 Å². The number of imide groups is 1. The summed E-state index contributed by atoms with van der Waals surface area (Å²) < 4.78 is 0. The number of rotatable bonds is 6. The van der Waals surface area contributed by atoms with Gasteiger partial charge in [0.05, 0.1) is 6.42 Å². The molecule has 0 bridgehead atoms.